The summed E-state index contributed by atoms with van der Waals surface area (Å²) >= 11 is 0. The Morgan fingerprint density at radius 2 is 1.81 bits per heavy atom. The molecule has 32 heavy (non-hydrogen) atoms. The van der Waals surface area contributed by atoms with E-state index in [1.807, 2.05) is 6.07 Å². The molecule has 3 nitrogen and oxygen atoms in total. The summed E-state index contributed by atoms with van der Waals surface area (Å²) < 4.78 is 6.31. The Bertz CT molecular complexity index is 950. The topological polar surface area (TPSA) is 46.5 Å². The molecule has 2 aromatic rings. The highest BCUT2D eigenvalue weighted by atomic mass is 16.5. The zero-order valence-electron chi connectivity index (χ0n) is 19.3. The minimum absolute atomic E-state index is 0.103. The van der Waals surface area contributed by atoms with Gasteiger partial charge in [-0.15, -0.1) is 0 Å². The third-order valence-electron chi connectivity index (χ3n) is 8.28. The van der Waals surface area contributed by atoms with Crippen molar-refractivity contribution in [2.75, 3.05) is 0 Å². The van der Waals surface area contributed by atoms with Gasteiger partial charge in [-0.25, -0.2) is 0 Å². The van der Waals surface area contributed by atoms with Crippen LogP contribution in [0.1, 0.15) is 93.2 Å². The van der Waals surface area contributed by atoms with E-state index in [0.717, 1.165) is 43.4 Å². The number of benzene rings is 2. The number of phenols is 1. The molecule has 3 aliphatic rings. The smallest absolute Gasteiger partial charge is 0.133 e. The molecule has 2 fully saturated rings. The van der Waals surface area contributed by atoms with E-state index in [1.54, 1.807) is 0 Å². The number of ketones is 1. The fourth-order valence-corrected chi connectivity index (χ4v) is 6.86. The van der Waals surface area contributed by atoms with Crippen LogP contribution in [0.15, 0.2) is 42.5 Å². The third kappa shape index (κ3) is 4.31. The van der Waals surface area contributed by atoms with Crippen LogP contribution in [0.4, 0.5) is 0 Å². The van der Waals surface area contributed by atoms with Crippen molar-refractivity contribution < 1.29 is 14.6 Å². The highest BCUT2D eigenvalue weighted by Crippen LogP contribution is 2.58. The maximum Gasteiger partial charge on any atom is 0.133 e. The van der Waals surface area contributed by atoms with Crippen LogP contribution in [0.25, 0.3) is 0 Å². The van der Waals surface area contributed by atoms with Crippen molar-refractivity contribution in [2.24, 2.45) is 11.8 Å². The van der Waals surface area contributed by atoms with Gasteiger partial charge in [-0.3, -0.25) is 4.79 Å². The van der Waals surface area contributed by atoms with Gasteiger partial charge in [-0.2, -0.15) is 0 Å². The molecule has 5 atom stereocenters. The quantitative estimate of drug-likeness (QED) is 0.539. The number of carbonyl (C=O) groups is 1. The zero-order chi connectivity index (χ0) is 22.1. The molecule has 0 radical (unpaired) electrons. The highest BCUT2D eigenvalue weighted by Gasteiger charge is 2.47. The third-order valence-corrected chi connectivity index (χ3v) is 8.28. The largest absolute Gasteiger partial charge is 0.508 e. The van der Waals surface area contributed by atoms with Gasteiger partial charge in [0.25, 0.3) is 0 Å². The fraction of sp³-hybridized carbons (Fsp3) is 0.552. The lowest BCUT2D eigenvalue weighted by Crippen LogP contribution is -2.38. The van der Waals surface area contributed by atoms with E-state index in [1.165, 1.54) is 36.8 Å². The summed E-state index contributed by atoms with van der Waals surface area (Å²) in [5.74, 6) is 3.42. The molecule has 0 amide bonds. The van der Waals surface area contributed by atoms with Crippen molar-refractivity contribution >= 4 is 5.78 Å². The summed E-state index contributed by atoms with van der Waals surface area (Å²) in [4.78, 5) is 12.3. The van der Waals surface area contributed by atoms with Crippen LogP contribution in [0.5, 0.6) is 11.5 Å². The Kier molecular flexibility index (Phi) is 6.26. The molecule has 1 N–H and O–H groups in total. The Balaban J connectivity index is 1.33. The van der Waals surface area contributed by atoms with Crippen molar-refractivity contribution in [3.05, 3.63) is 59.2 Å². The predicted molar refractivity (Wildman–Crippen MR) is 127 cm³/mol. The monoisotopic (exact) mass is 432 g/mol. The maximum absolute atomic E-state index is 12.3. The van der Waals surface area contributed by atoms with E-state index in [0.29, 0.717) is 35.7 Å². The average Bonchev–Trinajstić information content (AvgIpc) is 2.79. The van der Waals surface area contributed by atoms with Gasteiger partial charge in [-0.1, -0.05) is 43.2 Å². The highest BCUT2D eigenvalue weighted by molar-refractivity contribution is 5.81. The van der Waals surface area contributed by atoms with Crippen molar-refractivity contribution in [2.45, 2.75) is 89.1 Å². The number of Topliss-reactive ketones (excluding diaryl/α,β-unsaturated/α-hetero) is 1. The van der Waals surface area contributed by atoms with E-state index in [2.05, 4.69) is 43.3 Å². The van der Waals surface area contributed by atoms with Crippen molar-refractivity contribution in [1.29, 1.82) is 0 Å². The first-order valence-corrected chi connectivity index (χ1v) is 12.7. The number of ether oxygens (including phenoxy) is 1. The Hall–Kier alpha value is -2.29. The fourth-order valence-electron chi connectivity index (χ4n) is 6.86. The number of aryl methyl sites for hydroxylation is 1. The van der Waals surface area contributed by atoms with Crippen LogP contribution in [-0.4, -0.2) is 17.0 Å². The normalized spacial score (nSPS) is 27.7. The number of aromatic hydroxyl groups is 1. The summed E-state index contributed by atoms with van der Waals surface area (Å²) in [5, 5.41) is 11.1. The van der Waals surface area contributed by atoms with E-state index in [-0.39, 0.29) is 12.0 Å². The first kappa shape index (κ1) is 21.6. The molecular formula is C29H36O3. The number of rotatable bonds is 6. The number of hydrogen-bond donors (Lipinski definition) is 1. The standard InChI is InChI=1S/C29H36O3/c1-19(8-7-11-20-9-3-2-4-10-20)32-22-17-27-24-13-6-5-12-23(24)25-15-14-21(30)16-26(25)29(27)28(31)18-22/h2-4,9-10,17-19,23-26,31H,5-8,11-16H2,1H3. The number of hydrogen-bond acceptors (Lipinski definition) is 3. The molecule has 3 heteroatoms. The first-order chi connectivity index (χ1) is 15.6. The molecule has 170 valence electrons. The second-order valence-corrected chi connectivity index (χ2v) is 10.4. The van der Waals surface area contributed by atoms with Crippen molar-refractivity contribution in [3.8, 4) is 11.5 Å². The SMILES string of the molecule is CC(CCCc1ccccc1)Oc1cc(O)c2c(c1)C1CCCCC1C1CCC(=O)CC21. The first-order valence-electron chi connectivity index (χ1n) is 12.7. The van der Waals surface area contributed by atoms with Gasteiger partial charge in [0.2, 0.25) is 0 Å². The van der Waals surface area contributed by atoms with Crippen molar-refractivity contribution in [3.63, 3.8) is 0 Å². The van der Waals surface area contributed by atoms with Gasteiger partial charge in [-0.05, 0) is 86.3 Å². The van der Waals surface area contributed by atoms with Crippen LogP contribution >= 0.6 is 0 Å². The number of carbonyl (C=O) groups excluding carboxylic acids is 1. The van der Waals surface area contributed by atoms with Gasteiger partial charge in [0.15, 0.2) is 0 Å². The molecule has 5 unspecified atom stereocenters. The van der Waals surface area contributed by atoms with Gasteiger partial charge in [0.05, 0.1) is 6.10 Å². The van der Waals surface area contributed by atoms with Crippen LogP contribution in [0, 0.1) is 11.8 Å². The second kappa shape index (κ2) is 9.29. The van der Waals surface area contributed by atoms with Gasteiger partial charge < -0.3 is 9.84 Å². The zero-order valence-corrected chi connectivity index (χ0v) is 19.3. The van der Waals surface area contributed by atoms with E-state index < -0.39 is 0 Å². The summed E-state index contributed by atoms with van der Waals surface area (Å²) in [6, 6.07) is 14.6. The van der Waals surface area contributed by atoms with Gasteiger partial charge in [0, 0.05) is 24.5 Å². The van der Waals surface area contributed by atoms with Crippen LogP contribution in [0.3, 0.4) is 0 Å². The lowest BCUT2D eigenvalue weighted by Gasteiger charge is -2.48. The molecular weight excluding hydrogens is 396 g/mol. The van der Waals surface area contributed by atoms with E-state index in [4.69, 9.17) is 4.74 Å². The Labute approximate surface area is 192 Å². The maximum atomic E-state index is 12.3. The summed E-state index contributed by atoms with van der Waals surface area (Å²) in [5.41, 5.74) is 3.71. The van der Waals surface area contributed by atoms with Crippen LogP contribution in [-0.2, 0) is 11.2 Å². The molecule has 0 saturated heterocycles. The molecule has 3 aliphatic carbocycles. The molecule has 2 saturated carbocycles. The molecule has 0 aromatic heterocycles. The van der Waals surface area contributed by atoms with Crippen molar-refractivity contribution in [1.82, 2.24) is 0 Å². The Morgan fingerprint density at radius 3 is 2.66 bits per heavy atom. The number of phenolic OH excluding ortho intramolecular Hbond substituents is 1. The van der Waals surface area contributed by atoms with E-state index >= 15 is 0 Å². The van der Waals surface area contributed by atoms with Crippen LogP contribution in [0.2, 0.25) is 0 Å². The molecule has 0 bridgehead atoms. The number of fused-ring (bicyclic) bond motifs is 6. The molecule has 2 aromatic carbocycles. The van der Waals surface area contributed by atoms with E-state index in [9.17, 15) is 9.90 Å². The lowest BCUT2D eigenvalue weighted by atomic mass is 9.55. The molecule has 5 rings (SSSR count). The lowest BCUT2D eigenvalue weighted by molar-refractivity contribution is -0.122. The Morgan fingerprint density at radius 1 is 1.03 bits per heavy atom. The predicted octanol–water partition coefficient (Wildman–Crippen LogP) is 6.92. The average molecular weight is 433 g/mol. The summed E-state index contributed by atoms with van der Waals surface area (Å²) in [6.45, 7) is 2.13. The second-order valence-electron chi connectivity index (χ2n) is 10.4. The minimum atomic E-state index is 0.103. The van der Waals surface area contributed by atoms with Gasteiger partial charge in [0.1, 0.15) is 17.3 Å². The molecule has 0 spiro atoms. The summed E-state index contributed by atoms with van der Waals surface area (Å²) in [6.07, 6.45) is 10.6. The van der Waals surface area contributed by atoms with Crippen LogP contribution < -0.4 is 4.74 Å². The molecule has 0 aliphatic heterocycles. The minimum Gasteiger partial charge on any atom is -0.508 e. The summed E-state index contributed by atoms with van der Waals surface area (Å²) in [7, 11) is 0. The van der Waals surface area contributed by atoms with Gasteiger partial charge >= 0.3 is 0 Å². The molecule has 0 heterocycles.